The van der Waals surface area contributed by atoms with Gasteiger partial charge in [-0.2, -0.15) is 0 Å². The maximum absolute atomic E-state index is 12.7. The average Bonchev–Trinajstić information content (AvgIpc) is 3.22. The van der Waals surface area contributed by atoms with Crippen LogP contribution in [0.4, 0.5) is 0 Å². The van der Waals surface area contributed by atoms with E-state index in [-0.39, 0.29) is 37.5 Å². The number of hydrogen-bond acceptors (Lipinski definition) is 6. The van der Waals surface area contributed by atoms with Gasteiger partial charge in [-0.15, -0.1) is 0 Å². The summed E-state index contributed by atoms with van der Waals surface area (Å²) in [7, 11) is 0. The third-order valence-corrected chi connectivity index (χ3v) is 8.82. The predicted octanol–water partition coefficient (Wildman–Crippen LogP) is 14.6. The first-order valence-corrected chi connectivity index (χ1v) is 22.6. The Morgan fingerprint density at radius 2 is 0.724 bits per heavy atom. The van der Waals surface area contributed by atoms with E-state index in [4.69, 9.17) is 14.2 Å². The lowest BCUT2D eigenvalue weighted by Crippen LogP contribution is -2.30. The molecule has 0 aliphatic carbocycles. The molecule has 1 atom stereocenters. The lowest BCUT2D eigenvalue weighted by atomic mass is 10.1. The lowest BCUT2D eigenvalue weighted by molar-refractivity contribution is -0.167. The van der Waals surface area contributed by atoms with Gasteiger partial charge in [0, 0.05) is 19.3 Å². The van der Waals surface area contributed by atoms with Gasteiger partial charge in [-0.1, -0.05) is 181 Å². The molecule has 0 aliphatic heterocycles. The highest BCUT2D eigenvalue weighted by Crippen LogP contribution is 2.12. The van der Waals surface area contributed by atoms with E-state index in [1.807, 2.05) is 48.6 Å². The zero-order valence-electron chi connectivity index (χ0n) is 36.8. The van der Waals surface area contributed by atoms with Gasteiger partial charge in [0.15, 0.2) is 6.10 Å². The molecule has 0 N–H and O–H groups in total. The number of allylic oxidation sites excluding steroid dienone is 20. The Hall–Kier alpha value is -4.19. The molecular formula is C52H80O6. The van der Waals surface area contributed by atoms with Crippen molar-refractivity contribution in [1.82, 2.24) is 0 Å². The van der Waals surface area contributed by atoms with Gasteiger partial charge in [0.2, 0.25) is 0 Å². The summed E-state index contributed by atoms with van der Waals surface area (Å²) in [6.07, 6.45) is 61.9. The maximum atomic E-state index is 12.7. The van der Waals surface area contributed by atoms with E-state index in [1.165, 1.54) is 19.3 Å². The van der Waals surface area contributed by atoms with Gasteiger partial charge in [-0.3, -0.25) is 14.4 Å². The molecule has 0 saturated carbocycles. The fourth-order valence-electron chi connectivity index (χ4n) is 5.52. The van der Waals surface area contributed by atoms with E-state index in [1.54, 1.807) is 0 Å². The standard InChI is InChI=1S/C52H80O6/c1-4-7-10-13-16-19-22-24-26-28-30-33-36-39-42-45-51(54)57-48-49(47-56-50(53)44-41-38-35-32-29-21-18-15-12-9-6-3)58-52(55)46-43-40-37-34-31-27-25-23-20-17-14-11-8-5-2/h7-13,16-22,24,26,28,30,32,35,49H,4-6,14-15,23,25,27,29,31,33-34,36-48H2,1-3H3/b10-7-,11-8-,12-9-,16-13-,20-17-,21-18-,22-19-,26-24-,30-28-,35-32-. The fraction of sp³-hybridized carbons (Fsp3) is 0.558. The van der Waals surface area contributed by atoms with Crippen LogP contribution in [0.2, 0.25) is 0 Å². The highest BCUT2D eigenvalue weighted by Gasteiger charge is 2.19. The van der Waals surface area contributed by atoms with Crippen molar-refractivity contribution >= 4 is 17.9 Å². The van der Waals surface area contributed by atoms with Crippen LogP contribution in [0.25, 0.3) is 0 Å². The number of ether oxygens (including phenoxy) is 3. The van der Waals surface area contributed by atoms with Crippen LogP contribution < -0.4 is 0 Å². The van der Waals surface area contributed by atoms with Crippen molar-refractivity contribution in [1.29, 1.82) is 0 Å². The van der Waals surface area contributed by atoms with Crippen LogP contribution in [-0.2, 0) is 28.6 Å². The van der Waals surface area contributed by atoms with Gasteiger partial charge in [0.1, 0.15) is 13.2 Å². The van der Waals surface area contributed by atoms with Crippen molar-refractivity contribution in [3.63, 3.8) is 0 Å². The Balaban J connectivity index is 4.56. The SMILES string of the molecule is CC\C=C/C=C\C=C/C=C\C=C/CCCCCC(=O)OCC(COC(=O)CCC/C=C\C/C=C\C/C=C\CC)OC(=O)CCCCCCCCC/C=C\C/C=C\CC. The molecule has 0 aromatic rings. The Labute approximate surface area is 354 Å². The first kappa shape index (κ1) is 53.8. The van der Waals surface area contributed by atoms with Crippen LogP contribution in [0.5, 0.6) is 0 Å². The summed E-state index contributed by atoms with van der Waals surface area (Å²) in [6, 6.07) is 0. The van der Waals surface area contributed by atoms with Crippen LogP contribution in [0, 0.1) is 0 Å². The summed E-state index contributed by atoms with van der Waals surface area (Å²) >= 11 is 0. The number of carbonyl (C=O) groups excluding carboxylic acids is 3. The number of hydrogen-bond donors (Lipinski definition) is 0. The number of carbonyl (C=O) groups is 3. The van der Waals surface area contributed by atoms with Crippen molar-refractivity contribution in [2.45, 2.75) is 175 Å². The highest BCUT2D eigenvalue weighted by atomic mass is 16.6. The average molecular weight is 801 g/mol. The molecule has 1 unspecified atom stereocenters. The third kappa shape index (κ3) is 42.9. The van der Waals surface area contributed by atoms with Gasteiger partial charge in [-0.25, -0.2) is 0 Å². The number of unbranched alkanes of at least 4 members (excludes halogenated alkanes) is 11. The molecule has 0 aromatic carbocycles. The minimum Gasteiger partial charge on any atom is -0.462 e. The maximum Gasteiger partial charge on any atom is 0.306 e. The molecule has 6 nitrogen and oxygen atoms in total. The first-order valence-electron chi connectivity index (χ1n) is 22.6. The van der Waals surface area contributed by atoms with Crippen molar-refractivity contribution < 1.29 is 28.6 Å². The molecule has 0 saturated heterocycles. The predicted molar refractivity (Wildman–Crippen MR) is 246 cm³/mol. The highest BCUT2D eigenvalue weighted by molar-refractivity contribution is 5.71. The molecule has 0 spiro atoms. The Morgan fingerprint density at radius 1 is 0.362 bits per heavy atom. The molecule has 58 heavy (non-hydrogen) atoms. The van der Waals surface area contributed by atoms with Gasteiger partial charge >= 0.3 is 17.9 Å². The molecule has 324 valence electrons. The summed E-state index contributed by atoms with van der Waals surface area (Å²) in [4.78, 5) is 37.7. The van der Waals surface area contributed by atoms with Crippen LogP contribution in [0.3, 0.4) is 0 Å². The molecule has 0 aliphatic rings. The Kier molecular flexibility index (Phi) is 42.2. The van der Waals surface area contributed by atoms with E-state index >= 15 is 0 Å². The van der Waals surface area contributed by atoms with E-state index in [0.717, 1.165) is 103 Å². The number of esters is 3. The van der Waals surface area contributed by atoms with Crippen molar-refractivity contribution in [3.05, 3.63) is 122 Å². The summed E-state index contributed by atoms with van der Waals surface area (Å²) in [5.74, 6) is -1.04. The van der Waals surface area contributed by atoms with Gasteiger partial charge < -0.3 is 14.2 Å². The zero-order valence-corrected chi connectivity index (χ0v) is 36.8. The number of rotatable bonds is 38. The van der Waals surface area contributed by atoms with Crippen molar-refractivity contribution in [3.8, 4) is 0 Å². The molecule has 0 rings (SSSR count). The van der Waals surface area contributed by atoms with Crippen LogP contribution >= 0.6 is 0 Å². The van der Waals surface area contributed by atoms with E-state index in [9.17, 15) is 14.4 Å². The second kappa shape index (κ2) is 45.5. The summed E-state index contributed by atoms with van der Waals surface area (Å²) in [5.41, 5.74) is 0. The monoisotopic (exact) mass is 801 g/mol. The summed E-state index contributed by atoms with van der Waals surface area (Å²) in [5, 5.41) is 0. The molecule has 0 heterocycles. The molecule has 6 heteroatoms. The normalized spacial score (nSPS) is 13.2. The van der Waals surface area contributed by atoms with Crippen LogP contribution in [0.1, 0.15) is 168 Å². The minimum absolute atomic E-state index is 0.123. The summed E-state index contributed by atoms with van der Waals surface area (Å²) < 4.78 is 16.6. The molecule has 0 bridgehead atoms. The summed E-state index contributed by atoms with van der Waals surface area (Å²) in [6.45, 7) is 6.14. The molecule has 0 radical (unpaired) electrons. The van der Waals surface area contributed by atoms with Gasteiger partial charge in [-0.05, 0) is 89.9 Å². The van der Waals surface area contributed by atoms with Crippen LogP contribution in [-0.4, -0.2) is 37.2 Å². The Morgan fingerprint density at radius 3 is 1.26 bits per heavy atom. The quantitative estimate of drug-likeness (QED) is 0.0203. The second-order valence-corrected chi connectivity index (χ2v) is 14.3. The molecule has 0 fully saturated rings. The van der Waals surface area contributed by atoms with Crippen molar-refractivity contribution in [2.24, 2.45) is 0 Å². The molecule has 0 aromatic heterocycles. The second-order valence-electron chi connectivity index (χ2n) is 14.3. The minimum atomic E-state index is -0.821. The van der Waals surface area contributed by atoms with Gasteiger partial charge in [0.25, 0.3) is 0 Å². The van der Waals surface area contributed by atoms with Crippen LogP contribution in [0.15, 0.2) is 122 Å². The third-order valence-electron chi connectivity index (χ3n) is 8.82. The largest absolute Gasteiger partial charge is 0.462 e. The van der Waals surface area contributed by atoms with E-state index in [0.29, 0.717) is 19.3 Å². The molecule has 0 amide bonds. The fourth-order valence-corrected chi connectivity index (χ4v) is 5.52. The van der Waals surface area contributed by atoms with E-state index < -0.39 is 6.10 Å². The zero-order chi connectivity index (χ0) is 42.3. The van der Waals surface area contributed by atoms with E-state index in [2.05, 4.69) is 93.7 Å². The van der Waals surface area contributed by atoms with Gasteiger partial charge in [0.05, 0.1) is 0 Å². The first-order chi connectivity index (χ1) is 28.5. The smallest absolute Gasteiger partial charge is 0.306 e. The van der Waals surface area contributed by atoms with Crippen molar-refractivity contribution in [2.75, 3.05) is 13.2 Å². The topological polar surface area (TPSA) is 78.9 Å². The Bertz CT molecular complexity index is 1290. The molecular weight excluding hydrogens is 721 g/mol. The lowest BCUT2D eigenvalue weighted by Gasteiger charge is -2.18.